The van der Waals surface area contributed by atoms with Gasteiger partial charge in [0, 0.05) is 16.5 Å². The number of carbonyl (C=O) groups excluding carboxylic acids is 2. The Kier molecular flexibility index (Phi) is 6.52. The molecule has 0 aromatic heterocycles. The Morgan fingerprint density at radius 3 is 2.53 bits per heavy atom. The van der Waals surface area contributed by atoms with Gasteiger partial charge in [-0.15, -0.1) is 0 Å². The molecule has 1 aliphatic carbocycles. The predicted molar refractivity (Wildman–Crippen MR) is 140 cm³/mol. The number of rotatable bonds is 7. The molecule has 182 valence electrons. The lowest BCUT2D eigenvalue weighted by Crippen LogP contribution is -2.48. The summed E-state index contributed by atoms with van der Waals surface area (Å²) < 4.78 is 5.91. The number of para-hydroxylation sites is 1. The fourth-order valence-electron chi connectivity index (χ4n) is 5.73. The number of anilines is 1. The Morgan fingerprint density at radius 2 is 1.81 bits per heavy atom. The van der Waals surface area contributed by atoms with Gasteiger partial charge in [-0.3, -0.25) is 9.59 Å². The molecular formula is C30H26ClNO4. The van der Waals surface area contributed by atoms with Crippen LogP contribution in [0, 0.1) is 5.92 Å². The van der Waals surface area contributed by atoms with Crippen molar-refractivity contribution in [3.8, 4) is 5.75 Å². The van der Waals surface area contributed by atoms with Crippen molar-refractivity contribution < 1.29 is 19.4 Å². The van der Waals surface area contributed by atoms with Gasteiger partial charge in [-0.25, -0.2) is 4.90 Å². The van der Waals surface area contributed by atoms with Crippen LogP contribution in [0.5, 0.6) is 5.75 Å². The minimum atomic E-state index is -1.22. The lowest BCUT2D eigenvalue weighted by atomic mass is 9.56. The van der Waals surface area contributed by atoms with Crippen molar-refractivity contribution in [3.05, 3.63) is 119 Å². The highest BCUT2D eigenvalue weighted by molar-refractivity contribution is 6.32. The number of fused-ring (bicyclic) bond motifs is 1. The van der Waals surface area contributed by atoms with Crippen LogP contribution < -0.4 is 9.64 Å². The zero-order valence-corrected chi connectivity index (χ0v) is 20.4. The van der Waals surface area contributed by atoms with Gasteiger partial charge in [0.15, 0.2) is 0 Å². The van der Waals surface area contributed by atoms with Gasteiger partial charge < -0.3 is 9.84 Å². The van der Waals surface area contributed by atoms with Crippen LogP contribution in [-0.2, 0) is 15.0 Å². The van der Waals surface area contributed by atoms with Gasteiger partial charge in [-0.1, -0.05) is 84.9 Å². The minimum absolute atomic E-state index is 0.111. The van der Waals surface area contributed by atoms with Crippen molar-refractivity contribution >= 4 is 29.1 Å². The van der Waals surface area contributed by atoms with Gasteiger partial charge >= 0.3 is 0 Å². The number of ether oxygens (including phenoxy) is 1. The Labute approximate surface area is 215 Å². The first-order chi connectivity index (χ1) is 17.5. The normalized spacial score (nSPS) is 23.3. The summed E-state index contributed by atoms with van der Waals surface area (Å²) in [6, 6.07) is 23.8. The van der Waals surface area contributed by atoms with E-state index in [9.17, 15) is 14.7 Å². The number of allylic oxidation sites excluding steroid dienone is 3. The van der Waals surface area contributed by atoms with Crippen molar-refractivity contribution in [2.24, 2.45) is 5.92 Å². The van der Waals surface area contributed by atoms with E-state index in [1.807, 2.05) is 60.7 Å². The molecule has 0 saturated carbocycles. The SMILES string of the molecule is C=CC1=CC[C@H]2C(=O)N(c3cccc(Cl)c3)C(=O)[C@@]2(c2ccccc2)[C@H]1c1ccccc1OCCO. The zero-order chi connectivity index (χ0) is 25.3. The number of hydrogen-bond donors (Lipinski definition) is 1. The van der Waals surface area contributed by atoms with Gasteiger partial charge in [0.2, 0.25) is 11.8 Å². The van der Waals surface area contributed by atoms with Gasteiger partial charge in [0.05, 0.1) is 23.6 Å². The lowest BCUT2D eigenvalue weighted by molar-refractivity contribution is -0.123. The van der Waals surface area contributed by atoms with Crippen LogP contribution in [0.15, 0.2) is 103 Å². The molecule has 1 N–H and O–H groups in total. The average molecular weight is 500 g/mol. The molecule has 36 heavy (non-hydrogen) atoms. The topological polar surface area (TPSA) is 66.8 Å². The second-order valence-electron chi connectivity index (χ2n) is 8.93. The van der Waals surface area contributed by atoms with E-state index < -0.39 is 17.3 Å². The van der Waals surface area contributed by atoms with Crippen molar-refractivity contribution in [1.82, 2.24) is 0 Å². The molecule has 5 rings (SSSR count). The van der Waals surface area contributed by atoms with E-state index in [4.69, 9.17) is 16.3 Å². The van der Waals surface area contributed by atoms with Crippen LogP contribution in [-0.4, -0.2) is 30.1 Å². The lowest BCUT2D eigenvalue weighted by Gasteiger charge is -2.43. The maximum absolute atomic E-state index is 14.7. The van der Waals surface area contributed by atoms with Gasteiger partial charge in [-0.2, -0.15) is 0 Å². The molecule has 0 bridgehead atoms. The molecule has 5 nitrogen and oxygen atoms in total. The number of carbonyl (C=O) groups is 2. The molecule has 2 amide bonds. The van der Waals surface area contributed by atoms with E-state index in [-0.39, 0.29) is 25.0 Å². The molecular weight excluding hydrogens is 474 g/mol. The Morgan fingerprint density at radius 1 is 1.06 bits per heavy atom. The summed E-state index contributed by atoms with van der Waals surface area (Å²) in [4.78, 5) is 30.0. The number of amides is 2. The Bertz CT molecular complexity index is 1350. The van der Waals surface area contributed by atoms with Crippen LogP contribution >= 0.6 is 11.6 Å². The fourth-order valence-corrected chi connectivity index (χ4v) is 5.91. The number of benzene rings is 3. The van der Waals surface area contributed by atoms with Gasteiger partial charge in [0.25, 0.3) is 0 Å². The highest BCUT2D eigenvalue weighted by Crippen LogP contribution is 2.59. The number of halogens is 1. The van der Waals surface area contributed by atoms with Crippen LogP contribution in [0.4, 0.5) is 5.69 Å². The van der Waals surface area contributed by atoms with E-state index in [2.05, 4.69) is 6.58 Å². The third kappa shape index (κ3) is 3.67. The van der Waals surface area contributed by atoms with Crippen molar-refractivity contribution in [2.75, 3.05) is 18.1 Å². The first kappa shape index (κ1) is 24.0. The molecule has 1 saturated heterocycles. The molecule has 0 radical (unpaired) electrons. The molecule has 3 atom stereocenters. The standard InChI is InChI=1S/C30H26ClNO4/c1-2-20-15-16-25-28(34)32(23-12-8-11-22(31)19-23)29(35)30(25,21-9-4-3-5-10-21)27(20)24-13-6-7-14-26(24)36-18-17-33/h2-15,19,25,27,33H,1,16-18H2/t25-,27+,30+/m0/s1. The highest BCUT2D eigenvalue weighted by Gasteiger charge is 2.66. The number of aliphatic hydroxyl groups is 1. The fraction of sp³-hybridized carbons (Fsp3) is 0.200. The molecule has 0 unspecified atom stereocenters. The third-order valence-electron chi connectivity index (χ3n) is 7.14. The molecule has 2 aliphatic rings. The zero-order valence-electron chi connectivity index (χ0n) is 19.6. The van der Waals surface area contributed by atoms with Crippen molar-refractivity contribution in [1.29, 1.82) is 0 Å². The summed E-state index contributed by atoms with van der Waals surface area (Å²) in [5, 5.41) is 9.84. The Balaban J connectivity index is 1.80. The number of nitrogens with zero attached hydrogens (tertiary/aromatic N) is 1. The molecule has 1 fully saturated rings. The van der Waals surface area contributed by atoms with E-state index in [1.54, 1.807) is 30.3 Å². The summed E-state index contributed by atoms with van der Waals surface area (Å²) in [6.45, 7) is 4.02. The summed E-state index contributed by atoms with van der Waals surface area (Å²) in [5.74, 6) is -1.18. The molecule has 3 aromatic rings. The molecule has 1 aliphatic heterocycles. The largest absolute Gasteiger partial charge is 0.491 e. The number of aliphatic hydroxyl groups excluding tert-OH is 1. The molecule has 0 spiro atoms. The molecule has 1 heterocycles. The molecule has 3 aromatic carbocycles. The first-order valence-corrected chi connectivity index (χ1v) is 12.3. The maximum atomic E-state index is 14.7. The second-order valence-corrected chi connectivity index (χ2v) is 9.37. The summed E-state index contributed by atoms with van der Waals surface area (Å²) in [7, 11) is 0. The van der Waals surface area contributed by atoms with Crippen LogP contribution in [0.1, 0.15) is 23.5 Å². The number of imide groups is 1. The summed E-state index contributed by atoms with van der Waals surface area (Å²) >= 11 is 6.25. The average Bonchev–Trinajstić information content (AvgIpc) is 3.14. The minimum Gasteiger partial charge on any atom is -0.491 e. The smallest absolute Gasteiger partial charge is 0.246 e. The van der Waals surface area contributed by atoms with E-state index in [1.165, 1.54) is 4.90 Å². The third-order valence-corrected chi connectivity index (χ3v) is 7.37. The predicted octanol–water partition coefficient (Wildman–Crippen LogP) is 5.44. The highest BCUT2D eigenvalue weighted by atomic mass is 35.5. The van der Waals surface area contributed by atoms with E-state index >= 15 is 0 Å². The van der Waals surface area contributed by atoms with E-state index in [0.717, 1.165) is 16.7 Å². The first-order valence-electron chi connectivity index (χ1n) is 11.9. The quantitative estimate of drug-likeness (QED) is 0.440. The van der Waals surface area contributed by atoms with Crippen LogP contribution in [0.2, 0.25) is 5.02 Å². The number of hydrogen-bond acceptors (Lipinski definition) is 4. The van der Waals surface area contributed by atoms with Crippen molar-refractivity contribution in [2.45, 2.75) is 17.8 Å². The van der Waals surface area contributed by atoms with Crippen LogP contribution in [0.3, 0.4) is 0 Å². The van der Waals surface area contributed by atoms with Crippen molar-refractivity contribution in [3.63, 3.8) is 0 Å². The Hall–Kier alpha value is -3.67. The van der Waals surface area contributed by atoms with Gasteiger partial charge in [0.1, 0.15) is 12.4 Å². The maximum Gasteiger partial charge on any atom is 0.246 e. The van der Waals surface area contributed by atoms with E-state index in [0.29, 0.717) is 22.9 Å². The molecule has 6 heteroatoms. The van der Waals surface area contributed by atoms with Crippen LogP contribution in [0.25, 0.3) is 0 Å². The second kappa shape index (κ2) is 9.76. The van der Waals surface area contributed by atoms with Gasteiger partial charge in [-0.05, 0) is 41.8 Å². The summed E-state index contributed by atoms with van der Waals surface area (Å²) in [5.41, 5.74) is 1.60. The monoisotopic (exact) mass is 499 g/mol. The summed E-state index contributed by atoms with van der Waals surface area (Å²) in [6.07, 6.45) is 4.15.